The molecule has 5 nitrogen and oxygen atoms in total. The van der Waals surface area contributed by atoms with Gasteiger partial charge in [0.2, 0.25) is 11.8 Å². The van der Waals surface area contributed by atoms with Gasteiger partial charge >= 0.3 is 0 Å². The summed E-state index contributed by atoms with van der Waals surface area (Å²) < 4.78 is 0. The Hall–Kier alpha value is -1.10. The monoisotopic (exact) mass is 255 g/mol. The second-order valence-electron chi connectivity index (χ2n) is 5.14. The van der Waals surface area contributed by atoms with E-state index in [-0.39, 0.29) is 17.9 Å². The van der Waals surface area contributed by atoms with Crippen LogP contribution in [0.3, 0.4) is 0 Å². The predicted octanol–water partition coefficient (Wildman–Crippen LogP) is 0.455. The van der Waals surface area contributed by atoms with E-state index in [1.807, 2.05) is 25.9 Å². The van der Waals surface area contributed by atoms with E-state index >= 15 is 0 Å². The van der Waals surface area contributed by atoms with Gasteiger partial charge in [0, 0.05) is 19.5 Å². The molecular weight excluding hydrogens is 230 g/mol. The highest BCUT2D eigenvalue weighted by Gasteiger charge is 2.28. The Labute approximate surface area is 110 Å². The fourth-order valence-corrected chi connectivity index (χ4v) is 2.18. The Morgan fingerprint density at radius 3 is 2.72 bits per heavy atom. The number of hydrogen-bond acceptors (Lipinski definition) is 3. The third-order valence-electron chi connectivity index (χ3n) is 3.16. The smallest absolute Gasteiger partial charge is 0.245 e. The van der Waals surface area contributed by atoms with E-state index in [0.29, 0.717) is 13.0 Å². The molecule has 1 aliphatic rings. The molecular formula is C13H25N3O2. The maximum atomic E-state index is 12.3. The molecule has 104 valence electrons. The van der Waals surface area contributed by atoms with Crippen LogP contribution in [-0.4, -0.2) is 61.4 Å². The van der Waals surface area contributed by atoms with Gasteiger partial charge in [-0.2, -0.15) is 0 Å². The molecule has 1 fully saturated rings. The van der Waals surface area contributed by atoms with Gasteiger partial charge in [0.1, 0.15) is 6.04 Å². The fourth-order valence-electron chi connectivity index (χ4n) is 2.18. The number of carbonyl (C=O) groups excluding carboxylic acids is 2. The molecule has 0 spiro atoms. The van der Waals surface area contributed by atoms with Crippen molar-refractivity contribution < 1.29 is 9.59 Å². The maximum absolute atomic E-state index is 12.3. The van der Waals surface area contributed by atoms with Crippen LogP contribution < -0.4 is 5.32 Å². The number of hydrogen-bond donors (Lipinski definition) is 1. The normalized spacial score (nSPS) is 21.1. The predicted molar refractivity (Wildman–Crippen MR) is 71.2 cm³/mol. The van der Waals surface area contributed by atoms with Crippen molar-refractivity contribution in [3.63, 3.8) is 0 Å². The summed E-state index contributed by atoms with van der Waals surface area (Å²) in [5, 5.41) is 2.82. The Bertz CT molecular complexity index is 292. The van der Waals surface area contributed by atoms with Gasteiger partial charge in [0.25, 0.3) is 0 Å². The highest BCUT2D eigenvalue weighted by Crippen LogP contribution is 2.09. The van der Waals surface area contributed by atoms with Crippen LogP contribution in [0.5, 0.6) is 0 Å². The molecule has 18 heavy (non-hydrogen) atoms. The first-order chi connectivity index (χ1) is 8.54. The summed E-state index contributed by atoms with van der Waals surface area (Å²) in [6.45, 7) is 4.29. The van der Waals surface area contributed by atoms with Crippen molar-refractivity contribution >= 4 is 11.8 Å². The van der Waals surface area contributed by atoms with E-state index in [4.69, 9.17) is 0 Å². The fraction of sp³-hybridized carbons (Fsp3) is 0.846. The van der Waals surface area contributed by atoms with Crippen molar-refractivity contribution in [3.05, 3.63) is 0 Å². The average Bonchev–Trinajstić information content (AvgIpc) is 2.42. The molecule has 1 rings (SSSR count). The minimum Gasteiger partial charge on any atom is -0.344 e. The van der Waals surface area contributed by atoms with Crippen LogP contribution in [0.4, 0.5) is 0 Å². The molecule has 0 saturated carbocycles. The SMILES string of the molecule is CCCC1NC(=O)CCN(CCCN(C)C)C1=O. The minimum absolute atomic E-state index is 0.00286. The molecule has 5 heteroatoms. The van der Waals surface area contributed by atoms with Crippen molar-refractivity contribution in [1.29, 1.82) is 0 Å². The summed E-state index contributed by atoms with van der Waals surface area (Å²) >= 11 is 0. The summed E-state index contributed by atoms with van der Waals surface area (Å²) in [7, 11) is 4.05. The van der Waals surface area contributed by atoms with Gasteiger partial charge in [0.05, 0.1) is 0 Å². The van der Waals surface area contributed by atoms with Crippen LogP contribution in [0.1, 0.15) is 32.6 Å². The molecule has 0 aliphatic carbocycles. The van der Waals surface area contributed by atoms with Gasteiger partial charge in [-0.05, 0) is 33.5 Å². The molecule has 1 aliphatic heterocycles. The van der Waals surface area contributed by atoms with E-state index in [1.54, 1.807) is 0 Å². The lowest BCUT2D eigenvalue weighted by atomic mass is 10.1. The Morgan fingerprint density at radius 1 is 1.39 bits per heavy atom. The third kappa shape index (κ3) is 4.64. The number of nitrogens with one attached hydrogen (secondary N) is 1. The summed E-state index contributed by atoms with van der Waals surface area (Å²) in [5.74, 6) is 0.0818. The van der Waals surface area contributed by atoms with Crippen molar-refractivity contribution in [2.45, 2.75) is 38.6 Å². The summed E-state index contributed by atoms with van der Waals surface area (Å²) in [4.78, 5) is 27.7. The van der Waals surface area contributed by atoms with Gasteiger partial charge in [-0.25, -0.2) is 0 Å². The van der Waals surface area contributed by atoms with Gasteiger partial charge in [-0.1, -0.05) is 13.3 Å². The molecule has 0 aromatic rings. The molecule has 0 radical (unpaired) electrons. The Morgan fingerprint density at radius 2 is 2.11 bits per heavy atom. The molecule has 0 bridgehead atoms. The van der Waals surface area contributed by atoms with Crippen LogP contribution >= 0.6 is 0 Å². The van der Waals surface area contributed by atoms with Crippen LogP contribution in [0.2, 0.25) is 0 Å². The largest absolute Gasteiger partial charge is 0.344 e. The van der Waals surface area contributed by atoms with Gasteiger partial charge in [-0.3, -0.25) is 9.59 Å². The minimum atomic E-state index is -0.315. The molecule has 1 N–H and O–H groups in total. The van der Waals surface area contributed by atoms with Crippen LogP contribution in [0.15, 0.2) is 0 Å². The third-order valence-corrected chi connectivity index (χ3v) is 3.16. The van der Waals surface area contributed by atoms with Crippen LogP contribution in [0.25, 0.3) is 0 Å². The molecule has 1 unspecified atom stereocenters. The lowest BCUT2D eigenvalue weighted by Gasteiger charge is -2.24. The van der Waals surface area contributed by atoms with E-state index in [9.17, 15) is 9.59 Å². The van der Waals surface area contributed by atoms with Crippen LogP contribution in [-0.2, 0) is 9.59 Å². The topological polar surface area (TPSA) is 52.7 Å². The maximum Gasteiger partial charge on any atom is 0.245 e. The van der Waals surface area contributed by atoms with Gasteiger partial charge < -0.3 is 15.1 Å². The van der Waals surface area contributed by atoms with E-state index in [2.05, 4.69) is 10.2 Å². The second kappa shape index (κ2) is 7.36. The molecule has 0 aromatic carbocycles. The number of rotatable bonds is 6. The first-order valence-corrected chi connectivity index (χ1v) is 6.77. The lowest BCUT2D eigenvalue weighted by molar-refractivity contribution is -0.133. The van der Waals surface area contributed by atoms with Crippen molar-refractivity contribution in [2.75, 3.05) is 33.7 Å². The zero-order valence-corrected chi connectivity index (χ0v) is 11.7. The van der Waals surface area contributed by atoms with E-state index in [0.717, 1.165) is 32.4 Å². The Kier molecular flexibility index (Phi) is 6.12. The molecule has 0 aromatic heterocycles. The second-order valence-corrected chi connectivity index (χ2v) is 5.14. The highest BCUT2D eigenvalue weighted by molar-refractivity contribution is 5.89. The van der Waals surface area contributed by atoms with Crippen molar-refractivity contribution in [1.82, 2.24) is 15.1 Å². The quantitative estimate of drug-likeness (QED) is 0.750. The van der Waals surface area contributed by atoms with Crippen molar-refractivity contribution in [3.8, 4) is 0 Å². The molecule has 1 saturated heterocycles. The zero-order valence-electron chi connectivity index (χ0n) is 11.7. The first kappa shape index (κ1) is 15.0. The van der Waals surface area contributed by atoms with Gasteiger partial charge in [0.15, 0.2) is 0 Å². The lowest BCUT2D eigenvalue weighted by Crippen LogP contribution is -2.45. The highest BCUT2D eigenvalue weighted by atomic mass is 16.2. The van der Waals surface area contributed by atoms with E-state index in [1.165, 1.54) is 0 Å². The van der Waals surface area contributed by atoms with Gasteiger partial charge in [-0.15, -0.1) is 0 Å². The molecule has 1 heterocycles. The first-order valence-electron chi connectivity index (χ1n) is 6.77. The molecule has 1 atom stereocenters. The average molecular weight is 255 g/mol. The van der Waals surface area contributed by atoms with E-state index < -0.39 is 0 Å². The molecule has 2 amide bonds. The van der Waals surface area contributed by atoms with Crippen LogP contribution in [0, 0.1) is 0 Å². The number of amides is 2. The standard InChI is InChI=1S/C13H25N3O2/c1-4-6-11-13(18)16(9-5-8-15(2)3)10-7-12(17)14-11/h11H,4-10H2,1-3H3,(H,14,17). The number of nitrogens with zero attached hydrogens (tertiary/aromatic N) is 2. The number of carbonyl (C=O) groups is 2. The Balaban J connectivity index is 2.54. The van der Waals surface area contributed by atoms with Crippen molar-refractivity contribution in [2.24, 2.45) is 0 Å². The summed E-state index contributed by atoms with van der Waals surface area (Å²) in [5.41, 5.74) is 0. The summed E-state index contributed by atoms with van der Waals surface area (Å²) in [6, 6.07) is -0.315. The zero-order chi connectivity index (χ0) is 13.5. The summed E-state index contributed by atoms with van der Waals surface area (Å²) in [6.07, 6.45) is 3.01.